The van der Waals surface area contributed by atoms with Crippen LogP contribution in [0.1, 0.15) is 22.9 Å². The quantitative estimate of drug-likeness (QED) is 0.365. The molecule has 0 N–H and O–H groups in total. The minimum atomic E-state index is -3.60. The Labute approximate surface area is 196 Å². The summed E-state index contributed by atoms with van der Waals surface area (Å²) < 4.78 is 34.0. The highest BCUT2D eigenvalue weighted by molar-refractivity contribution is 7.98. The van der Waals surface area contributed by atoms with Crippen LogP contribution in [0, 0.1) is 20.8 Å². The van der Waals surface area contributed by atoms with Crippen LogP contribution in [0.15, 0.2) is 56.9 Å². The van der Waals surface area contributed by atoms with Gasteiger partial charge >= 0.3 is 0 Å². The zero-order valence-electron chi connectivity index (χ0n) is 19.0. The summed E-state index contributed by atoms with van der Waals surface area (Å²) in [4.78, 5) is 0.191. The van der Waals surface area contributed by atoms with Crippen molar-refractivity contribution in [2.45, 2.75) is 36.6 Å². The average Bonchev–Trinajstić information content (AvgIpc) is 3.38. The predicted molar refractivity (Wildman–Crippen MR) is 126 cm³/mol. The SMILES string of the molecule is Cc1nnc(CSc2nnc(-c3cccc(S(=O)(=O)N(C)C)c3)n2-c2c(C)cccc2C)o1. The number of aryl methyl sites for hydroxylation is 3. The third-order valence-electron chi connectivity index (χ3n) is 5.06. The Bertz CT molecular complexity index is 1390. The molecule has 0 aliphatic heterocycles. The van der Waals surface area contributed by atoms with E-state index >= 15 is 0 Å². The monoisotopic (exact) mass is 484 g/mol. The van der Waals surface area contributed by atoms with E-state index in [1.807, 2.05) is 42.7 Å². The largest absolute Gasteiger partial charge is 0.425 e. The Morgan fingerprint density at radius 3 is 2.30 bits per heavy atom. The molecule has 0 radical (unpaired) electrons. The maximum atomic E-state index is 12.7. The Morgan fingerprint density at radius 2 is 1.67 bits per heavy atom. The minimum Gasteiger partial charge on any atom is -0.425 e. The van der Waals surface area contributed by atoms with E-state index in [2.05, 4.69) is 20.4 Å². The summed E-state index contributed by atoms with van der Waals surface area (Å²) in [5.74, 6) is 1.97. The van der Waals surface area contributed by atoms with Crippen LogP contribution in [-0.4, -0.2) is 51.8 Å². The van der Waals surface area contributed by atoms with Crippen molar-refractivity contribution in [1.82, 2.24) is 29.3 Å². The lowest BCUT2D eigenvalue weighted by atomic mass is 10.1. The standard InChI is InChI=1S/C22H24N6O3S2/c1-14-8-6-9-15(2)20(14)28-21(17-10-7-11-18(12-17)33(29,30)27(4)5)25-26-22(28)32-13-19-24-23-16(3)31-19/h6-12H,13H2,1-5H3. The van der Waals surface area contributed by atoms with Gasteiger partial charge in [-0.25, -0.2) is 12.7 Å². The summed E-state index contributed by atoms with van der Waals surface area (Å²) in [6.07, 6.45) is 0. The number of nitrogens with zero attached hydrogens (tertiary/aromatic N) is 6. The predicted octanol–water partition coefficient (Wildman–Crippen LogP) is 3.79. The van der Waals surface area contributed by atoms with Crippen molar-refractivity contribution in [3.05, 3.63) is 65.4 Å². The molecule has 0 amide bonds. The number of sulfonamides is 1. The summed E-state index contributed by atoms with van der Waals surface area (Å²) in [6.45, 7) is 5.79. The van der Waals surface area contributed by atoms with Gasteiger partial charge in [0.25, 0.3) is 0 Å². The summed E-state index contributed by atoms with van der Waals surface area (Å²) >= 11 is 1.42. The molecule has 0 unspecified atom stereocenters. The minimum absolute atomic E-state index is 0.191. The Morgan fingerprint density at radius 1 is 0.970 bits per heavy atom. The second kappa shape index (κ2) is 9.08. The highest BCUT2D eigenvalue weighted by atomic mass is 32.2. The third kappa shape index (κ3) is 4.56. The van der Waals surface area contributed by atoms with Gasteiger partial charge in [-0.1, -0.05) is 42.1 Å². The first kappa shape index (κ1) is 23.1. The number of benzene rings is 2. The van der Waals surface area contributed by atoms with Crippen molar-refractivity contribution >= 4 is 21.8 Å². The second-order valence-electron chi connectivity index (χ2n) is 7.70. The first-order valence-electron chi connectivity index (χ1n) is 10.1. The van der Waals surface area contributed by atoms with E-state index in [4.69, 9.17) is 4.42 Å². The molecule has 0 aliphatic rings. The lowest BCUT2D eigenvalue weighted by Gasteiger charge is -2.16. The molecule has 0 bridgehead atoms. The van der Waals surface area contributed by atoms with E-state index in [0.29, 0.717) is 34.1 Å². The van der Waals surface area contributed by atoms with Crippen LogP contribution in [0.2, 0.25) is 0 Å². The molecular formula is C22H24N6O3S2. The van der Waals surface area contributed by atoms with Crippen LogP contribution >= 0.6 is 11.8 Å². The van der Waals surface area contributed by atoms with Crippen LogP contribution in [0.5, 0.6) is 0 Å². The molecule has 11 heteroatoms. The highest BCUT2D eigenvalue weighted by Gasteiger charge is 2.22. The number of aromatic nitrogens is 5. The van der Waals surface area contributed by atoms with E-state index < -0.39 is 10.0 Å². The van der Waals surface area contributed by atoms with Gasteiger partial charge in [0.2, 0.25) is 21.8 Å². The van der Waals surface area contributed by atoms with Crippen LogP contribution in [0.4, 0.5) is 0 Å². The number of thioether (sulfide) groups is 1. The molecule has 0 fully saturated rings. The summed E-state index contributed by atoms with van der Waals surface area (Å²) in [7, 11) is -0.577. The van der Waals surface area contributed by atoms with E-state index in [1.54, 1.807) is 25.1 Å². The molecule has 172 valence electrons. The molecule has 0 atom stereocenters. The van der Waals surface area contributed by atoms with Gasteiger partial charge < -0.3 is 4.42 Å². The van der Waals surface area contributed by atoms with Crippen LogP contribution in [-0.2, 0) is 15.8 Å². The van der Waals surface area contributed by atoms with E-state index in [0.717, 1.165) is 16.8 Å². The lowest BCUT2D eigenvalue weighted by Crippen LogP contribution is -2.22. The molecule has 33 heavy (non-hydrogen) atoms. The van der Waals surface area contributed by atoms with Gasteiger partial charge in [-0.15, -0.1) is 20.4 Å². The van der Waals surface area contributed by atoms with Gasteiger partial charge in [0, 0.05) is 26.6 Å². The Balaban J connectivity index is 1.85. The van der Waals surface area contributed by atoms with Crippen molar-refractivity contribution in [3.8, 4) is 17.1 Å². The normalized spacial score (nSPS) is 11.9. The molecule has 9 nitrogen and oxygen atoms in total. The van der Waals surface area contributed by atoms with Crippen molar-refractivity contribution < 1.29 is 12.8 Å². The first-order chi connectivity index (χ1) is 15.7. The third-order valence-corrected chi connectivity index (χ3v) is 7.78. The van der Waals surface area contributed by atoms with E-state index in [-0.39, 0.29) is 4.90 Å². The van der Waals surface area contributed by atoms with E-state index in [1.165, 1.54) is 30.2 Å². The average molecular weight is 485 g/mol. The molecule has 4 aromatic rings. The fourth-order valence-corrected chi connectivity index (χ4v) is 5.16. The van der Waals surface area contributed by atoms with Gasteiger partial charge in [-0.2, -0.15) is 0 Å². The smallest absolute Gasteiger partial charge is 0.242 e. The van der Waals surface area contributed by atoms with Gasteiger partial charge in [0.05, 0.1) is 16.3 Å². The maximum absolute atomic E-state index is 12.7. The summed E-state index contributed by atoms with van der Waals surface area (Å²) in [5.41, 5.74) is 3.68. The van der Waals surface area contributed by atoms with Gasteiger partial charge in [-0.05, 0) is 37.1 Å². The Kier molecular flexibility index (Phi) is 6.37. The fraction of sp³-hybridized carbons (Fsp3) is 0.273. The maximum Gasteiger partial charge on any atom is 0.242 e. The van der Waals surface area contributed by atoms with E-state index in [9.17, 15) is 8.42 Å². The summed E-state index contributed by atoms with van der Waals surface area (Å²) in [5, 5.41) is 17.4. The lowest BCUT2D eigenvalue weighted by molar-refractivity contribution is 0.485. The topological polar surface area (TPSA) is 107 Å². The second-order valence-corrected chi connectivity index (χ2v) is 10.8. The molecule has 0 saturated heterocycles. The van der Waals surface area contributed by atoms with Crippen molar-refractivity contribution in [1.29, 1.82) is 0 Å². The number of para-hydroxylation sites is 1. The van der Waals surface area contributed by atoms with Gasteiger partial charge in [-0.3, -0.25) is 4.57 Å². The first-order valence-corrected chi connectivity index (χ1v) is 12.6. The van der Waals surface area contributed by atoms with Crippen molar-refractivity contribution in [2.24, 2.45) is 0 Å². The van der Waals surface area contributed by atoms with Crippen molar-refractivity contribution in [2.75, 3.05) is 14.1 Å². The van der Waals surface area contributed by atoms with Crippen LogP contribution in [0.25, 0.3) is 17.1 Å². The number of hydrogen-bond donors (Lipinski definition) is 0. The number of rotatable bonds is 7. The number of hydrogen-bond acceptors (Lipinski definition) is 8. The van der Waals surface area contributed by atoms with Gasteiger partial charge in [0.1, 0.15) is 0 Å². The molecule has 0 saturated carbocycles. The molecule has 4 rings (SSSR count). The van der Waals surface area contributed by atoms with Crippen molar-refractivity contribution in [3.63, 3.8) is 0 Å². The molecular weight excluding hydrogens is 460 g/mol. The molecule has 0 aliphatic carbocycles. The van der Waals surface area contributed by atoms with Crippen LogP contribution < -0.4 is 0 Å². The molecule has 2 aromatic carbocycles. The fourth-order valence-electron chi connectivity index (χ4n) is 3.44. The molecule has 2 aromatic heterocycles. The highest BCUT2D eigenvalue weighted by Crippen LogP contribution is 2.33. The molecule has 0 spiro atoms. The van der Waals surface area contributed by atoms with Gasteiger partial charge in [0.15, 0.2) is 11.0 Å². The zero-order valence-corrected chi connectivity index (χ0v) is 20.6. The summed E-state index contributed by atoms with van der Waals surface area (Å²) in [6, 6.07) is 12.8. The zero-order chi connectivity index (χ0) is 23.8. The van der Waals surface area contributed by atoms with Crippen LogP contribution in [0.3, 0.4) is 0 Å². The Hall–Kier alpha value is -3.02. The molecule has 2 heterocycles.